The van der Waals surface area contributed by atoms with Crippen molar-refractivity contribution >= 4 is 28.8 Å². The van der Waals surface area contributed by atoms with E-state index in [9.17, 15) is 22.8 Å². The number of aromatic nitrogens is 1. The summed E-state index contributed by atoms with van der Waals surface area (Å²) in [4.78, 5) is 27.8. The van der Waals surface area contributed by atoms with Crippen molar-refractivity contribution in [2.75, 3.05) is 10.6 Å². The summed E-state index contributed by atoms with van der Waals surface area (Å²) in [6, 6.07) is 14.3. The number of alkyl halides is 3. The number of hydrogen-bond donors (Lipinski definition) is 2. The van der Waals surface area contributed by atoms with Crippen molar-refractivity contribution in [3.05, 3.63) is 83.7 Å². The number of carbonyl (C=O) groups is 2. The highest BCUT2D eigenvalue weighted by Gasteiger charge is 2.30. The first kappa shape index (κ1) is 20.1. The third kappa shape index (κ3) is 5.19. The monoisotopic (exact) mass is 399 g/mol. The van der Waals surface area contributed by atoms with Gasteiger partial charge in [0.05, 0.1) is 17.4 Å². The van der Waals surface area contributed by atoms with Gasteiger partial charge in [0, 0.05) is 16.9 Å². The SMILES string of the molecule is CC(=O)c1cccc(NC(=O)c2ccc(Nc3cccc(C(F)(F)F)c3)cn2)c1. The molecule has 0 radical (unpaired) electrons. The summed E-state index contributed by atoms with van der Waals surface area (Å²) >= 11 is 0. The molecule has 1 amide bonds. The van der Waals surface area contributed by atoms with Gasteiger partial charge in [-0.25, -0.2) is 4.98 Å². The average molecular weight is 399 g/mol. The lowest BCUT2D eigenvalue weighted by Crippen LogP contribution is -2.14. The van der Waals surface area contributed by atoms with Crippen LogP contribution in [0.2, 0.25) is 0 Å². The van der Waals surface area contributed by atoms with Crippen LogP contribution in [0.4, 0.5) is 30.2 Å². The number of rotatable bonds is 5. The lowest BCUT2D eigenvalue weighted by Gasteiger charge is -2.11. The normalized spacial score (nSPS) is 11.0. The Morgan fingerprint density at radius 1 is 0.897 bits per heavy atom. The van der Waals surface area contributed by atoms with Crippen molar-refractivity contribution in [3.8, 4) is 0 Å². The van der Waals surface area contributed by atoms with E-state index in [0.29, 0.717) is 16.9 Å². The second-order valence-corrected chi connectivity index (χ2v) is 6.23. The van der Waals surface area contributed by atoms with E-state index in [1.54, 1.807) is 24.3 Å². The Bertz CT molecular complexity index is 1050. The molecule has 0 saturated carbocycles. The zero-order valence-corrected chi connectivity index (χ0v) is 15.2. The summed E-state index contributed by atoms with van der Waals surface area (Å²) in [7, 11) is 0. The highest BCUT2D eigenvalue weighted by molar-refractivity contribution is 6.04. The van der Waals surface area contributed by atoms with Gasteiger partial charge in [0.15, 0.2) is 5.78 Å². The van der Waals surface area contributed by atoms with Gasteiger partial charge in [-0.2, -0.15) is 13.2 Å². The first-order valence-corrected chi connectivity index (χ1v) is 8.55. The molecule has 0 unspecified atom stereocenters. The number of Topliss-reactive ketones (excluding diaryl/α,β-unsaturated/α-hetero) is 1. The van der Waals surface area contributed by atoms with Crippen LogP contribution in [-0.2, 0) is 6.18 Å². The van der Waals surface area contributed by atoms with Gasteiger partial charge in [-0.15, -0.1) is 0 Å². The van der Waals surface area contributed by atoms with Gasteiger partial charge < -0.3 is 10.6 Å². The molecule has 0 fully saturated rings. The number of nitrogens with one attached hydrogen (secondary N) is 2. The van der Waals surface area contributed by atoms with Crippen LogP contribution in [-0.4, -0.2) is 16.7 Å². The fraction of sp³-hybridized carbons (Fsp3) is 0.0952. The van der Waals surface area contributed by atoms with Crippen LogP contribution >= 0.6 is 0 Å². The zero-order chi connectivity index (χ0) is 21.0. The number of hydrogen-bond acceptors (Lipinski definition) is 4. The third-order valence-corrected chi connectivity index (χ3v) is 4.00. The van der Waals surface area contributed by atoms with Gasteiger partial charge in [-0.1, -0.05) is 18.2 Å². The van der Waals surface area contributed by atoms with Crippen molar-refractivity contribution < 1.29 is 22.8 Å². The predicted molar refractivity (Wildman–Crippen MR) is 103 cm³/mol. The van der Waals surface area contributed by atoms with Crippen LogP contribution < -0.4 is 10.6 Å². The lowest BCUT2D eigenvalue weighted by molar-refractivity contribution is -0.137. The molecule has 148 valence electrons. The first-order valence-electron chi connectivity index (χ1n) is 8.55. The fourth-order valence-electron chi connectivity index (χ4n) is 2.55. The quantitative estimate of drug-likeness (QED) is 0.571. The molecule has 3 aromatic rings. The Morgan fingerprint density at radius 2 is 1.62 bits per heavy atom. The summed E-state index contributed by atoms with van der Waals surface area (Å²) in [5, 5.41) is 5.47. The van der Waals surface area contributed by atoms with E-state index < -0.39 is 17.6 Å². The van der Waals surface area contributed by atoms with E-state index in [2.05, 4.69) is 15.6 Å². The molecular formula is C21H16F3N3O2. The van der Waals surface area contributed by atoms with Gasteiger partial charge in [0.25, 0.3) is 5.91 Å². The standard InChI is InChI=1S/C21H16F3N3O2/c1-13(28)14-4-2-6-16(10-14)27-20(29)19-9-8-18(12-25-19)26-17-7-3-5-15(11-17)21(22,23)24/h2-12,26H,1H3,(H,27,29). The number of halogens is 3. The fourth-order valence-corrected chi connectivity index (χ4v) is 2.55. The Labute approximate surface area is 164 Å². The molecule has 8 heteroatoms. The molecule has 1 aromatic heterocycles. The summed E-state index contributed by atoms with van der Waals surface area (Å²) in [5.74, 6) is -0.597. The minimum absolute atomic E-state index is 0.118. The zero-order valence-electron chi connectivity index (χ0n) is 15.2. The van der Waals surface area contributed by atoms with E-state index in [-0.39, 0.29) is 17.2 Å². The van der Waals surface area contributed by atoms with Crippen LogP contribution in [0.5, 0.6) is 0 Å². The molecule has 2 aromatic carbocycles. The third-order valence-electron chi connectivity index (χ3n) is 4.00. The van der Waals surface area contributed by atoms with Gasteiger partial charge >= 0.3 is 6.18 Å². The summed E-state index contributed by atoms with van der Waals surface area (Å²) in [5.41, 5.74) is 0.957. The maximum absolute atomic E-state index is 12.8. The largest absolute Gasteiger partial charge is 0.416 e. The number of benzene rings is 2. The first-order chi connectivity index (χ1) is 13.7. The lowest BCUT2D eigenvalue weighted by atomic mass is 10.1. The molecule has 0 atom stereocenters. The minimum atomic E-state index is -4.43. The number of amides is 1. The Hall–Kier alpha value is -3.68. The smallest absolute Gasteiger partial charge is 0.354 e. The number of ketones is 1. The van der Waals surface area contributed by atoms with Crippen LogP contribution in [0, 0.1) is 0 Å². The highest BCUT2D eigenvalue weighted by atomic mass is 19.4. The van der Waals surface area contributed by atoms with Crippen molar-refractivity contribution in [2.45, 2.75) is 13.1 Å². The van der Waals surface area contributed by atoms with Crippen molar-refractivity contribution in [2.24, 2.45) is 0 Å². The molecule has 2 N–H and O–H groups in total. The van der Waals surface area contributed by atoms with E-state index >= 15 is 0 Å². The maximum Gasteiger partial charge on any atom is 0.416 e. The van der Waals surface area contributed by atoms with Crippen LogP contribution in [0.25, 0.3) is 0 Å². The second-order valence-electron chi connectivity index (χ2n) is 6.23. The molecule has 0 aliphatic heterocycles. The predicted octanol–water partition coefficient (Wildman–Crippen LogP) is 5.30. The van der Waals surface area contributed by atoms with E-state index in [1.165, 1.54) is 37.4 Å². The van der Waals surface area contributed by atoms with Gasteiger partial charge in [0.1, 0.15) is 5.69 Å². The summed E-state index contributed by atoms with van der Waals surface area (Å²) in [6.45, 7) is 1.43. The number of pyridine rings is 1. The molecule has 1 heterocycles. The Balaban J connectivity index is 1.69. The minimum Gasteiger partial charge on any atom is -0.354 e. The molecule has 0 spiro atoms. The topological polar surface area (TPSA) is 71.1 Å². The van der Waals surface area contributed by atoms with Crippen molar-refractivity contribution in [3.63, 3.8) is 0 Å². The van der Waals surface area contributed by atoms with Gasteiger partial charge in [0.2, 0.25) is 0 Å². The molecule has 0 bridgehead atoms. The van der Waals surface area contributed by atoms with Crippen molar-refractivity contribution in [1.82, 2.24) is 4.98 Å². The van der Waals surface area contributed by atoms with Crippen LogP contribution in [0.3, 0.4) is 0 Å². The molecule has 0 aliphatic carbocycles. The summed E-state index contributed by atoms with van der Waals surface area (Å²) in [6.07, 6.45) is -3.08. The molecular weight excluding hydrogens is 383 g/mol. The molecule has 0 saturated heterocycles. The second kappa shape index (κ2) is 8.14. The average Bonchev–Trinajstić information content (AvgIpc) is 2.68. The molecule has 5 nitrogen and oxygen atoms in total. The van der Waals surface area contributed by atoms with E-state index in [0.717, 1.165) is 12.1 Å². The Morgan fingerprint density at radius 3 is 2.28 bits per heavy atom. The van der Waals surface area contributed by atoms with Crippen LogP contribution in [0.15, 0.2) is 66.9 Å². The molecule has 3 rings (SSSR count). The molecule has 29 heavy (non-hydrogen) atoms. The van der Waals surface area contributed by atoms with E-state index in [1.807, 2.05) is 0 Å². The maximum atomic E-state index is 12.8. The Kier molecular flexibility index (Phi) is 5.63. The highest BCUT2D eigenvalue weighted by Crippen LogP contribution is 2.31. The van der Waals surface area contributed by atoms with Gasteiger partial charge in [-0.05, 0) is 49.4 Å². The number of anilines is 3. The number of nitrogens with zero attached hydrogens (tertiary/aromatic N) is 1. The van der Waals surface area contributed by atoms with Crippen molar-refractivity contribution in [1.29, 1.82) is 0 Å². The summed E-state index contributed by atoms with van der Waals surface area (Å²) < 4.78 is 38.4. The number of carbonyl (C=O) groups excluding carboxylic acids is 2. The van der Waals surface area contributed by atoms with Gasteiger partial charge in [-0.3, -0.25) is 9.59 Å². The molecule has 0 aliphatic rings. The van der Waals surface area contributed by atoms with E-state index in [4.69, 9.17) is 0 Å². The van der Waals surface area contributed by atoms with Crippen LogP contribution in [0.1, 0.15) is 33.3 Å².